The van der Waals surface area contributed by atoms with Gasteiger partial charge in [-0.2, -0.15) is 0 Å². The normalized spacial score (nSPS) is 16.9. The van der Waals surface area contributed by atoms with E-state index in [0.717, 1.165) is 42.2 Å². The molecule has 3 rings (SSSR count). The molecule has 0 unspecified atom stereocenters. The molecule has 0 bridgehead atoms. The van der Waals surface area contributed by atoms with Gasteiger partial charge in [-0.3, -0.25) is 4.79 Å². The van der Waals surface area contributed by atoms with Crippen LogP contribution in [-0.4, -0.2) is 15.8 Å². The fourth-order valence-electron chi connectivity index (χ4n) is 3.75. The SMILES string of the molecule is O=C(O)n1ccc(C2(Cc3ccccc3)CCCCC2)cc1=O. The van der Waals surface area contributed by atoms with Crippen molar-refractivity contribution in [2.24, 2.45) is 0 Å². The molecule has 1 aromatic heterocycles. The Balaban J connectivity index is 2.00. The first-order valence-corrected chi connectivity index (χ1v) is 8.11. The van der Waals surface area contributed by atoms with Crippen molar-refractivity contribution in [1.29, 1.82) is 0 Å². The van der Waals surface area contributed by atoms with Crippen LogP contribution in [0.1, 0.15) is 43.2 Å². The first-order valence-electron chi connectivity index (χ1n) is 8.11. The average Bonchev–Trinajstić information content (AvgIpc) is 2.56. The van der Waals surface area contributed by atoms with Crippen LogP contribution in [0.15, 0.2) is 53.5 Å². The van der Waals surface area contributed by atoms with Gasteiger partial charge in [-0.1, -0.05) is 49.6 Å². The summed E-state index contributed by atoms with van der Waals surface area (Å²) < 4.78 is 0.739. The average molecular weight is 311 g/mol. The summed E-state index contributed by atoms with van der Waals surface area (Å²) in [6, 6.07) is 13.6. The molecular formula is C19H21NO3. The van der Waals surface area contributed by atoms with Crippen molar-refractivity contribution in [3.63, 3.8) is 0 Å². The molecule has 0 aliphatic heterocycles. The van der Waals surface area contributed by atoms with E-state index in [9.17, 15) is 9.59 Å². The molecule has 4 heteroatoms. The van der Waals surface area contributed by atoms with Crippen molar-refractivity contribution >= 4 is 6.09 Å². The predicted octanol–water partition coefficient (Wildman–Crippen LogP) is 3.82. The minimum Gasteiger partial charge on any atom is -0.464 e. The Morgan fingerprint density at radius 3 is 2.39 bits per heavy atom. The third-order valence-corrected chi connectivity index (χ3v) is 4.93. The number of aromatic nitrogens is 1. The van der Waals surface area contributed by atoms with E-state index in [2.05, 4.69) is 12.1 Å². The maximum absolute atomic E-state index is 12.1. The van der Waals surface area contributed by atoms with Crippen LogP contribution in [0.4, 0.5) is 4.79 Å². The zero-order valence-electron chi connectivity index (χ0n) is 13.1. The number of hydrogen-bond acceptors (Lipinski definition) is 2. The fraction of sp³-hybridized carbons (Fsp3) is 0.368. The molecule has 1 aromatic carbocycles. The number of nitrogens with zero attached hydrogens (tertiary/aromatic N) is 1. The van der Waals surface area contributed by atoms with Crippen LogP contribution in [0.25, 0.3) is 0 Å². The van der Waals surface area contributed by atoms with Gasteiger partial charge >= 0.3 is 6.09 Å². The molecule has 0 saturated heterocycles. The lowest BCUT2D eigenvalue weighted by atomic mass is 9.66. The molecule has 1 N–H and O–H groups in total. The highest BCUT2D eigenvalue weighted by atomic mass is 16.4. The highest BCUT2D eigenvalue weighted by Gasteiger charge is 2.34. The van der Waals surface area contributed by atoms with Crippen LogP contribution in [0.3, 0.4) is 0 Å². The van der Waals surface area contributed by atoms with E-state index in [-0.39, 0.29) is 5.41 Å². The largest absolute Gasteiger partial charge is 0.464 e. The number of carbonyl (C=O) groups is 1. The van der Waals surface area contributed by atoms with Gasteiger partial charge in [-0.05, 0) is 41.9 Å². The summed E-state index contributed by atoms with van der Waals surface area (Å²) in [5.41, 5.74) is 1.71. The molecular weight excluding hydrogens is 290 g/mol. The maximum Gasteiger partial charge on any atom is 0.418 e. The molecule has 0 amide bonds. The minimum absolute atomic E-state index is 0.0592. The Hall–Kier alpha value is -2.36. The summed E-state index contributed by atoms with van der Waals surface area (Å²) in [5, 5.41) is 9.03. The summed E-state index contributed by atoms with van der Waals surface area (Å²) in [6.07, 6.45) is 6.65. The first kappa shape index (κ1) is 15.5. The molecule has 1 aliphatic rings. The van der Waals surface area contributed by atoms with E-state index in [4.69, 9.17) is 5.11 Å². The Labute approximate surface area is 135 Å². The topological polar surface area (TPSA) is 59.3 Å². The second-order valence-electron chi connectivity index (χ2n) is 6.41. The fourth-order valence-corrected chi connectivity index (χ4v) is 3.75. The molecule has 1 heterocycles. The number of benzene rings is 1. The van der Waals surface area contributed by atoms with Crippen LogP contribution in [0, 0.1) is 0 Å². The van der Waals surface area contributed by atoms with Crippen LogP contribution in [-0.2, 0) is 11.8 Å². The minimum atomic E-state index is -1.23. The number of hydrogen-bond donors (Lipinski definition) is 1. The van der Waals surface area contributed by atoms with E-state index < -0.39 is 11.7 Å². The second-order valence-corrected chi connectivity index (χ2v) is 6.41. The zero-order chi connectivity index (χ0) is 16.3. The molecule has 1 aliphatic carbocycles. The van der Waals surface area contributed by atoms with Gasteiger partial charge in [-0.15, -0.1) is 0 Å². The zero-order valence-corrected chi connectivity index (χ0v) is 13.1. The van der Waals surface area contributed by atoms with Crippen molar-refractivity contribution in [3.8, 4) is 0 Å². The van der Waals surface area contributed by atoms with E-state index >= 15 is 0 Å². The monoisotopic (exact) mass is 311 g/mol. The Bertz CT molecular complexity index is 743. The molecule has 0 radical (unpaired) electrons. The molecule has 23 heavy (non-hydrogen) atoms. The summed E-state index contributed by atoms with van der Waals surface area (Å²) in [5.74, 6) is 0. The Kier molecular flexibility index (Phi) is 4.33. The maximum atomic E-state index is 12.1. The number of pyridine rings is 1. The van der Waals surface area contributed by atoms with Crippen LogP contribution >= 0.6 is 0 Å². The van der Waals surface area contributed by atoms with Crippen LogP contribution in [0.5, 0.6) is 0 Å². The third-order valence-electron chi connectivity index (χ3n) is 4.93. The standard InChI is InChI=1S/C19H21NO3/c21-17-13-16(9-12-20(17)18(22)23)19(10-5-2-6-11-19)14-15-7-3-1-4-8-15/h1,3-4,7-9,12-13H,2,5-6,10-11,14H2,(H,22,23). The lowest BCUT2D eigenvalue weighted by molar-refractivity contribution is 0.195. The van der Waals surface area contributed by atoms with Crippen molar-refractivity contribution in [2.45, 2.75) is 43.9 Å². The highest BCUT2D eigenvalue weighted by molar-refractivity contribution is 5.67. The highest BCUT2D eigenvalue weighted by Crippen LogP contribution is 2.41. The second kappa shape index (κ2) is 6.41. The molecule has 4 nitrogen and oxygen atoms in total. The van der Waals surface area contributed by atoms with E-state index in [1.54, 1.807) is 0 Å². The summed E-state index contributed by atoms with van der Waals surface area (Å²) in [6.45, 7) is 0. The van der Waals surface area contributed by atoms with Crippen molar-refractivity contribution in [2.75, 3.05) is 0 Å². The van der Waals surface area contributed by atoms with Gasteiger partial charge in [0, 0.05) is 12.3 Å². The lowest BCUT2D eigenvalue weighted by Gasteiger charge is -2.38. The number of carboxylic acid groups (broad SMARTS) is 1. The summed E-state index contributed by atoms with van der Waals surface area (Å²) >= 11 is 0. The van der Waals surface area contributed by atoms with E-state index in [1.807, 2.05) is 24.3 Å². The van der Waals surface area contributed by atoms with Gasteiger partial charge in [0.25, 0.3) is 5.56 Å². The molecule has 1 fully saturated rings. The molecule has 0 atom stereocenters. The van der Waals surface area contributed by atoms with Gasteiger partial charge in [0.05, 0.1) is 0 Å². The van der Waals surface area contributed by atoms with Gasteiger partial charge in [0.2, 0.25) is 0 Å². The van der Waals surface area contributed by atoms with Crippen LogP contribution in [0.2, 0.25) is 0 Å². The van der Waals surface area contributed by atoms with Gasteiger partial charge in [0.1, 0.15) is 0 Å². The van der Waals surface area contributed by atoms with Gasteiger partial charge < -0.3 is 5.11 Å². The Morgan fingerprint density at radius 2 is 1.78 bits per heavy atom. The van der Waals surface area contributed by atoms with E-state index in [1.165, 1.54) is 24.2 Å². The first-order chi connectivity index (χ1) is 11.1. The van der Waals surface area contributed by atoms with Crippen molar-refractivity contribution < 1.29 is 9.90 Å². The van der Waals surface area contributed by atoms with E-state index in [0.29, 0.717) is 0 Å². The van der Waals surface area contributed by atoms with Gasteiger partial charge in [-0.25, -0.2) is 9.36 Å². The molecule has 1 saturated carbocycles. The predicted molar refractivity (Wildman–Crippen MR) is 89.0 cm³/mol. The summed E-state index contributed by atoms with van der Waals surface area (Å²) in [4.78, 5) is 23.1. The van der Waals surface area contributed by atoms with Crippen molar-refractivity contribution in [1.82, 2.24) is 4.57 Å². The third kappa shape index (κ3) is 3.21. The molecule has 0 spiro atoms. The molecule has 2 aromatic rings. The Morgan fingerprint density at radius 1 is 1.09 bits per heavy atom. The summed E-state index contributed by atoms with van der Waals surface area (Å²) in [7, 11) is 0. The lowest BCUT2D eigenvalue weighted by Crippen LogP contribution is -2.34. The number of rotatable bonds is 3. The molecule has 120 valence electrons. The quantitative estimate of drug-likeness (QED) is 0.937. The van der Waals surface area contributed by atoms with Gasteiger partial charge in [0.15, 0.2) is 0 Å². The van der Waals surface area contributed by atoms with Crippen molar-refractivity contribution in [3.05, 3.63) is 70.1 Å². The van der Waals surface area contributed by atoms with Crippen LogP contribution < -0.4 is 5.56 Å². The smallest absolute Gasteiger partial charge is 0.418 e.